The number of hydrogen-bond acceptors (Lipinski definition) is 3. The number of benzene rings is 2. The topological polar surface area (TPSA) is 41.5 Å². The van der Waals surface area contributed by atoms with Crippen LogP contribution in [0.5, 0.6) is 5.75 Å². The van der Waals surface area contributed by atoms with Crippen molar-refractivity contribution in [3.8, 4) is 5.75 Å². The number of phenolic OH excluding ortho intramolecular Hbond substituents is 1. The van der Waals surface area contributed by atoms with Crippen molar-refractivity contribution in [3.05, 3.63) is 60.2 Å². The molecule has 2 rings (SSSR count). The fourth-order valence-electron chi connectivity index (χ4n) is 1.83. The Balaban J connectivity index is 2.14. The van der Waals surface area contributed by atoms with Gasteiger partial charge < -0.3 is 15.2 Å². The highest BCUT2D eigenvalue weighted by molar-refractivity contribution is 5.48. The van der Waals surface area contributed by atoms with Gasteiger partial charge in [0.2, 0.25) is 0 Å². The third-order valence-corrected chi connectivity index (χ3v) is 2.74. The molecule has 2 N–H and O–H groups in total. The monoisotopic (exact) mass is 243 g/mol. The molecule has 0 saturated carbocycles. The lowest BCUT2D eigenvalue weighted by molar-refractivity contribution is 0.186. The van der Waals surface area contributed by atoms with Gasteiger partial charge in [-0.15, -0.1) is 0 Å². The first-order valence-corrected chi connectivity index (χ1v) is 5.89. The van der Waals surface area contributed by atoms with Crippen molar-refractivity contribution < 1.29 is 9.84 Å². The summed E-state index contributed by atoms with van der Waals surface area (Å²) in [5, 5.41) is 12.6. The first kappa shape index (κ1) is 12.5. The minimum Gasteiger partial charge on any atom is -0.508 e. The van der Waals surface area contributed by atoms with E-state index in [1.807, 2.05) is 30.3 Å². The molecular formula is C15H17NO2. The summed E-state index contributed by atoms with van der Waals surface area (Å²) in [5.74, 6) is 0.267. The van der Waals surface area contributed by atoms with Gasteiger partial charge in [0.05, 0.1) is 12.6 Å². The lowest BCUT2D eigenvalue weighted by Crippen LogP contribution is -2.16. The summed E-state index contributed by atoms with van der Waals surface area (Å²) in [6.45, 7) is 0.588. The number of hydrogen-bond donors (Lipinski definition) is 2. The zero-order chi connectivity index (χ0) is 12.8. The van der Waals surface area contributed by atoms with Crippen molar-refractivity contribution >= 4 is 5.69 Å². The fraction of sp³-hybridized carbons (Fsp3) is 0.200. The molecule has 0 fully saturated rings. The zero-order valence-electron chi connectivity index (χ0n) is 10.3. The van der Waals surface area contributed by atoms with Crippen LogP contribution in [0.25, 0.3) is 0 Å². The smallest absolute Gasteiger partial charge is 0.115 e. The molecule has 0 amide bonds. The SMILES string of the molecule is COCC(Nc1ccc(O)cc1)c1ccccc1. The molecular weight excluding hydrogens is 226 g/mol. The van der Waals surface area contributed by atoms with Crippen LogP contribution in [0.1, 0.15) is 11.6 Å². The van der Waals surface area contributed by atoms with Gasteiger partial charge in [0.15, 0.2) is 0 Å². The quantitative estimate of drug-likeness (QED) is 0.792. The van der Waals surface area contributed by atoms with E-state index >= 15 is 0 Å². The summed E-state index contributed by atoms with van der Waals surface area (Å²) in [4.78, 5) is 0. The molecule has 1 atom stereocenters. The van der Waals surface area contributed by atoms with Gasteiger partial charge in [-0.2, -0.15) is 0 Å². The highest BCUT2D eigenvalue weighted by atomic mass is 16.5. The van der Waals surface area contributed by atoms with Crippen LogP contribution in [-0.2, 0) is 4.74 Å². The minimum atomic E-state index is 0.0979. The number of ether oxygens (including phenoxy) is 1. The van der Waals surface area contributed by atoms with Gasteiger partial charge in [0.1, 0.15) is 5.75 Å². The Morgan fingerprint density at radius 2 is 1.72 bits per heavy atom. The van der Waals surface area contributed by atoms with Crippen LogP contribution in [0.2, 0.25) is 0 Å². The van der Waals surface area contributed by atoms with E-state index < -0.39 is 0 Å². The van der Waals surface area contributed by atoms with Crippen LogP contribution in [0.15, 0.2) is 54.6 Å². The largest absolute Gasteiger partial charge is 0.508 e. The summed E-state index contributed by atoms with van der Waals surface area (Å²) in [6.07, 6.45) is 0. The summed E-state index contributed by atoms with van der Waals surface area (Å²) in [5.41, 5.74) is 2.13. The number of methoxy groups -OCH3 is 1. The van der Waals surface area contributed by atoms with Gasteiger partial charge in [-0.25, -0.2) is 0 Å². The minimum absolute atomic E-state index is 0.0979. The van der Waals surface area contributed by atoms with Crippen molar-refractivity contribution in [2.45, 2.75) is 6.04 Å². The normalized spacial score (nSPS) is 12.1. The van der Waals surface area contributed by atoms with Crippen LogP contribution in [0.4, 0.5) is 5.69 Å². The molecule has 0 aliphatic rings. The van der Waals surface area contributed by atoms with E-state index in [1.165, 1.54) is 5.56 Å². The number of nitrogens with one attached hydrogen (secondary N) is 1. The molecule has 0 spiro atoms. The predicted molar refractivity (Wildman–Crippen MR) is 72.8 cm³/mol. The van der Waals surface area contributed by atoms with Crippen molar-refractivity contribution in [3.63, 3.8) is 0 Å². The highest BCUT2D eigenvalue weighted by Gasteiger charge is 2.10. The number of phenols is 1. The second kappa shape index (κ2) is 6.07. The molecule has 0 bridgehead atoms. The van der Waals surface area contributed by atoms with Crippen molar-refractivity contribution in [2.24, 2.45) is 0 Å². The van der Waals surface area contributed by atoms with Crippen molar-refractivity contribution in [1.29, 1.82) is 0 Å². The van der Waals surface area contributed by atoms with Crippen molar-refractivity contribution in [2.75, 3.05) is 19.0 Å². The standard InChI is InChI=1S/C15H17NO2/c1-18-11-15(12-5-3-2-4-6-12)16-13-7-9-14(17)10-8-13/h2-10,15-17H,11H2,1H3. The molecule has 0 saturated heterocycles. The fourth-order valence-corrected chi connectivity index (χ4v) is 1.83. The Kier molecular flexibility index (Phi) is 4.20. The van der Waals surface area contributed by atoms with Gasteiger partial charge in [-0.3, -0.25) is 0 Å². The van der Waals surface area contributed by atoms with Gasteiger partial charge in [0.25, 0.3) is 0 Å². The van der Waals surface area contributed by atoms with Crippen molar-refractivity contribution in [1.82, 2.24) is 0 Å². The van der Waals surface area contributed by atoms with E-state index in [1.54, 1.807) is 19.2 Å². The first-order valence-electron chi connectivity index (χ1n) is 5.89. The lowest BCUT2D eigenvalue weighted by atomic mass is 10.1. The van der Waals surface area contributed by atoms with Gasteiger partial charge in [0, 0.05) is 12.8 Å². The second-order valence-electron chi connectivity index (χ2n) is 4.11. The molecule has 1 unspecified atom stereocenters. The van der Waals surface area contributed by atoms with Crippen LogP contribution in [-0.4, -0.2) is 18.8 Å². The Morgan fingerprint density at radius 1 is 1.06 bits per heavy atom. The Labute approximate surface area is 107 Å². The van der Waals surface area contributed by atoms with Crippen LogP contribution in [0.3, 0.4) is 0 Å². The molecule has 0 aliphatic heterocycles. The van der Waals surface area contributed by atoms with E-state index in [2.05, 4.69) is 17.4 Å². The van der Waals surface area contributed by atoms with Gasteiger partial charge in [-0.05, 0) is 29.8 Å². The highest BCUT2D eigenvalue weighted by Crippen LogP contribution is 2.21. The number of aromatic hydroxyl groups is 1. The lowest BCUT2D eigenvalue weighted by Gasteiger charge is -2.19. The average molecular weight is 243 g/mol. The molecule has 2 aromatic rings. The summed E-state index contributed by atoms with van der Waals surface area (Å²) in [6, 6.07) is 17.3. The molecule has 0 radical (unpaired) electrons. The van der Waals surface area contributed by atoms with E-state index in [-0.39, 0.29) is 11.8 Å². The third-order valence-electron chi connectivity index (χ3n) is 2.74. The molecule has 0 heterocycles. The van der Waals surface area contributed by atoms with E-state index in [0.29, 0.717) is 6.61 Å². The van der Waals surface area contributed by atoms with Gasteiger partial charge in [-0.1, -0.05) is 30.3 Å². The third kappa shape index (κ3) is 3.25. The maximum Gasteiger partial charge on any atom is 0.115 e. The zero-order valence-corrected chi connectivity index (χ0v) is 10.3. The van der Waals surface area contributed by atoms with E-state index in [9.17, 15) is 5.11 Å². The van der Waals surface area contributed by atoms with Crippen LogP contribution >= 0.6 is 0 Å². The molecule has 2 aromatic carbocycles. The summed E-state index contributed by atoms with van der Waals surface area (Å²) < 4.78 is 5.24. The maximum absolute atomic E-state index is 9.26. The molecule has 18 heavy (non-hydrogen) atoms. The Bertz CT molecular complexity index is 468. The molecule has 3 nitrogen and oxygen atoms in total. The Hall–Kier alpha value is -2.00. The summed E-state index contributed by atoms with van der Waals surface area (Å²) >= 11 is 0. The molecule has 3 heteroatoms. The van der Waals surface area contributed by atoms with E-state index in [0.717, 1.165) is 5.69 Å². The average Bonchev–Trinajstić information content (AvgIpc) is 2.42. The molecule has 94 valence electrons. The first-order chi connectivity index (χ1) is 8.79. The van der Waals surface area contributed by atoms with Crippen LogP contribution < -0.4 is 5.32 Å². The molecule has 0 aromatic heterocycles. The second-order valence-corrected chi connectivity index (χ2v) is 4.11. The maximum atomic E-state index is 9.26. The predicted octanol–water partition coefficient (Wildman–Crippen LogP) is 3.19. The summed E-state index contributed by atoms with van der Waals surface area (Å²) in [7, 11) is 1.69. The Morgan fingerprint density at radius 3 is 2.33 bits per heavy atom. The van der Waals surface area contributed by atoms with Crippen LogP contribution in [0, 0.1) is 0 Å². The number of rotatable bonds is 5. The van der Waals surface area contributed by atoms with E-state index in [4.69, 9.17) is 4.74 Å². The number of anilines is 1. The van der Waals surface area contributed by atoms with Gasteiger partial charge >= 0.3 is 0 Å². The molecule has 0 aliphatic carbocycles.